The zero-order chi connectivity index (χ0) is 13.1. The average molecular weight is 268 g/mol. The van der Waals surface area contributed by atoms with Crippen LogP contribution in [0.25, 0.3) is 0 Å². The van der Waals surface area contributed by atoms with Crippen molar-refractivity contribution in [3.8, 4) is 0 Å². The lowest BCUT2D eigenvalue weighted by Crippen LogP contribution is -2.30. The first kappa shape index (κ1) is 13.6. The van der Waals surface area contributed by atoms with E-state index in [2.05, 4.69) is 28.7 Å². The minimum Gasteiger partial charge on any atom is -0.353 e. The summed E-state index contributed by atoms with van der Waals surface area (Å²) >= 11 is 6.01. The highest BCUT2D eigenvalue weighted by Gasteiger charge is 2.31. The van der Waals surface area contributed by atoms with Crippen molar-refractivity contribution in [3.63, 3.8) is 0 Å². The van der Waals surface area contributed by atoms with Crippen molar-refractivity contribution in [1.82, 2.24) is 9.97 Å². The van der Waals surface area contributed by atoms with E-state index in [1.54, 1.807) is 0 Å². The van der Waals surface area contributed by atoms with Gasteiger partial charge in [0.15, 0.2) is 0 Å². The summed E-state index contributed by atoms with van der Waals surface area (Å²) in [4.78, 5) is 11.3. The first-order valence-corrected chi connectivity index (χ1v) is 7.30. The molecule has 1 aliphatic carbocycles. The smallest absolute Gasteiger partial charge is 0.136 e. The molecular weight excluding hydrogens is 246 g/mol. The standard InChI is InChI=1S/C14H22ClN3/c1-10(2)6-7-18(13-4-5-13)14-12(8-15)9-16-11(3)17-14/h9-10,13H,4-8H2,1-3H3. The number of aromatic nitrogens is 2. The Balaban J connectivity index is 2.21. The first-order valence-electron chi connectivity index (χ1n) is 6.77. The van der Waals surface area contributed by atoms with E-state index < -0.39 is 0 Å². The fourth-order valence-electron chi connectivity index (χ4n) is 2.07. The highest BCUT2D eigenvalue weighted by atomic mass is 35.5. The third kappa shape index (κ3) is 3.35. The highest BCUT2D eigenvalue weighted by molar-refractivity contribution is 6.17. The number of hydrogen-bond donors (Lipinski definition) is 0. The Morgan fingerprint density at radius 3 is 2.72 bits per heavy atom. The maximum absolute atomic E-state index is 6.01. The van der Waals surface area contributed by atoms with Gasteiger partial charge in [0.2, 0.25) is 0 Å². The van der Waals surface area contributed by atoms with Gasteiger partial charge < -0.3 is 4.90 Å². The molecule has 1 fully saturated rings. The van der Waals surface area contributed by atoms with Gasteiger partial charge in [-0.25, -0.2) is 9.97 Å². The normalized spacial score (nSPS) is 15.2. The minimum atomic E-state index is 0.487. The quantitative estimate of drug-likeness (QED) is 0.739. The first-order chi connectivity index (χ1) is 8.61. The summed E-state index contributed by atoms with van der Waals surface area (Å²) in [6, 6.07) is 0.667. The Morgan fingerprint density at radius 2 is 2.17 bits per heavy atom. The van der Waals surface area contributed by atoms with Crippen LogP contribution < -0.4 is 4.90 Å². The van der Waals surface area contributed by atoms with Crippen LogP contribution >= 0.6 is 11.6 Å². The van der Waals surface area contributed by atoms with Gasteiger partial charge >= 0.3 is 0 Å². The van der Waals surface area contributed by atoms with Crippen LogP contribution in [0, 0.1) is 12.8 Å². The largest absolute Gasteiger partial charge is 0.353 e. The molecule has 18 heavy (non-hydrogen) atoms. The van der Waals surface area contributed by atoms with Crippen molar-refractivity contribution < 1.29 is 0 Å². The molecule has 3 nitrogen and oxygen atoms in total. The van der Waals surface area contributed by atoms with Gasteiger partial charge in [-0.2, -0.15) is 0 Å². The number of aryl methyl sites for hydroxylation is 1. The Labute approximate surface area is 115 Å². The van der Waals surface area contributed by atoms with Crippen LogP contribution in [-0.2, 0) is 5.88 Å². The van der Waals surface area contributed by atoms with Crippen molar-refractivity contribution in [2.75, 3.05) is 11.4 Å². The van der Waals surface area contributed by atoms with Crippen LogP contribution in [0.15, 0.2) is 6.20 Å². The van der Waals surface area contributed by atoms with E-state index in [-0.39, 0.29) is 0 Å². The summed E-state index contributed by atoms with van der Waals surface area (Å²) in [5.74, 6) is 3.09. The second-order valence-electron chi connectivity index (χ2n) is 5.51. The lowest BCUT2D eigenvalue weighted by molar-refractivity contribution is 0.567. The molecule has 0 bridgehead atoms. The summed E-state index contributed by atoms with van der Waals surface area (Å²) < 4.78 is 0. The van der Waals surface area contributed by atoms with E-state index in [9.17, 15) is 0 Å². The highest BCUT2D eigenvalue weighted by Crippen LogP contribution is 2.33. The van der Waals surface area contributed by atoms with Gasteiger partial charge in [-0.1, -0.05) is 13.8 Å². The van der Waals surface area contributed by atoms with Gasteiger partial charge in [0, 0.05) is 24.3 Å². The van der Waals surface area contributed by atoms with Crippen molar-refractivity contribution in [1.29, 1.82) is 0 Å². The lowest BCUT2D eigenvalue weighted by atomic mass is 10.1. The molecule has 0 amide bonds. The third-order valence-corrected chi connectivity index (χ3v) is 3.60. The van der Waals surface area contributed by atoms with Gasteiger partial charge in [-0.3, -0.25) is 0 Å². The Hall–Kier alpha value is -0.830. The van der Waals surface area contributed by atoms with Gasteiger partial charge in [0.1, 0.15) is 11.6 Å². The van der Waals surface area contributed by atoms with Crippen molar-refractivity contribution in [2.24, 2.45) is 5.92 Å². The van der Waals surface area contributed by atoms with Crippen molar-refractivity contribution in [2.45, 2.75) is 52.0 Å². The SMILES string of the molecule is Cc1ncc(CCl)c(N(CCC(C)C)C2CC2)n1. The van der Waals surface area contributed by atoms with Gasteiger partial charge in [-0.05, 0) is 32.1 Å². The molecule has 100 valence electrons. The van der Waals surface area contributed by atoms with E-state index in [0.717, 1.165) is 23.8 Å². The number of hydrogen-bond acceptors (Lipinski definition) is 3. The molecule has 1 saturated carbocycles. The van der Waals surface area contributed by atoms with Gasteiger partial charge in [0.25, 0.3) is 0 Å². The summed E-state index contributed by atoms with van der Waals surface area (Å²) in [7, 11) is 0. The average Bonchev–Trinajstić information content (AvgIpc) is 3.14. The monoisotopic (exact) mass is 267 g/mol. The molecular formula is C14H22ClN3. The van der Waals surface area contributed by atoms with Crippen LogP contribution in [0.5, 0.6) is 0 Å². The number of anilines is 1. The molecule has 0 atom stereocenters. The Bertz CT molecular complexity index is 402. The zero-order valence-corrected chi connectivity index (χ0v) is 12.2. The molecule has 0 spiro atoms. The maximum atomic E-state index is 6.01. The molecule has 0 radical (unpaired) electrons. The topological polar surface area (TPSA) is 29.0 Å². The number of rotatable bonds is 6. The lowest BCUT2D eigenvalue weighted by Gasteiger charge is -2.26. The molecule has 0 N–H and O–H groups in total. The van der Waals surface area contributed by atoms with E-state index in [1.165, 1.54) is 19.3 Å². The maximum Gasteiger partial charge on any atom is 0.136 e. The molecule has 0 aliphatic heterocycles. The molecule has 4 heteroatoms. The van der Waals surface area contributed by atoms with Crippen molar-refractivity contribution >= 4 is 17.4 Å². The number of halogens is 1. The minimum absolute atomic E-state index is 0.487. The van der Waals surface area contributed by atoms with Crippen molar-refractivity contribution in [3.05, 3.63) is 17.6 Å². The predicted molar refractivity (Wildman–Crippen MR) is 76.1 cm³/mol. The van der Waals surface area contributed by atoms with E-state index >= 15 is 0 Å². The molecule has 0 unspecified atom stereocenters. The number of nitrogens with zero attached hydrogens (tertiary/aromatic N) is 3. The zero-order valence-electron chi connectivity index (χ0n) is 11.5. The fraction of sp³-hybridized carbons (Fsp3) is 0.714. The van der Waals surface area contributed by atoms with Crippen LogP contribution in [0.3, 0.4) is 0 Å². The van der Waals surface area contributed by atoms with Crippen LogP contribution in [0.4, 0.5) is 5.82 Å². The van der Waals surface area contributed by atoms with Gasteiger partial charge in [-0.15, -0.1) is 11.6 Å². The van der Waals surface area contributed by atoms with Crippen LogP contribution in [-0.4, -0.2) is 22.6 Å². The molecule has 1 aromatic rings. The second kappa shape index (κ2) is 5.87. The summed E-state index contributed by atoms with van der Waals surface area (Å²) in [6.07, 6.45) is 5.63. The predicted octanol–water partition coefficient (Wildman–Crippen LogP) is 3.54. The van der Waals surface area contributed by atoms with E-state index in [4.69, 9.17) is 11.6 Å². The van der Waals surface area contributed by atoms with E-state index in [0.29, 0.717) is 17.8 Å². The summed E-state index contributed by atoms with van der Waals surface area (Å²) in [5, 5.41) is 0. The third-order valence-electron chi connectivity index (χ3n) is 3.31. The van der Waals surface area contributed by atoms with E-state index in [1.807, 2.05) is 13.1 Å². The van der Waals surface area contributed by atoms with Crippen LogP contribution in [0.2, 0.25) is 0 Å². The van der Waals surface area contributed by atoms with Crippen LogP contribution in [0.1, 0.15) is 44.5 Å². The molecule has 1 aliphatic rings. The number of alkyl halides is 1. The van der Waals surface area contributed by atoms with Gasteiger partial charge in [0.05, 0.1) is 5.88 Å². The molecule has 0 saturated heterocycles. The molecule has 1 aromatic heterocycles. The summed E-state index contributed by atoms with van der Waals surface area (Å²) in [6.45, 7) is 7.54. The molecule has 2 rings (SSSR count). The Kier molecular flexibility index (Phi) is 4.44. The Morgan fingerprint density at radius 1 is 1.44 bits per heavy atom. The fourth-order valence-corrected chi connectivity index (χ4v) is 2.26. The molecule has 1 heterocycles. The second-order valence-corrected chi connectivity index (χ2v) is 5.77. The molecule has 0 aromatic carbocycles. The summed E-state index contributed by atoms with van der Waals surface area (Å²) in [5.41, 5.74) is 1.05.